The molecule has 5 aromatic rings. The molecule has 0 saturated heterocycles. The number of rotatable bonds is 7. The Morgan fingerprint density at radius 1 is 1.08 bits per heavy atom. The van der Waals surface area contributed by atoms with E-state index >= 15 is 0 Å². The number of hydrogen-bond donors (Lipinski definition) is 0. The van der Waals surface area contributed by atoms with Crippen molar-refractivity contribution in [2.24, 2.45) is 5.10 Å². The van der Waals surface area contributed by atoms with Crippen molar-refractivity contribution in [3.63, 3.8) is 0 Å². The summed E-state index contributed by atoms with van der Waals surface area (Å²) in [6.45, 7) is 1.53. The van der Waals surface area contributed by atoms with Gasteiger partial charge in [-0.25, -0.2) is 9.78 Å². The number of hydrogen-bond acceptors (Lipinski definition) is 8. The van der Waals surface area contributed by atoms with E-state index in [0.29, 0.717) is 37.9 Å². The van der Waals surface area contributed by atoms with E-state index in [-0.39, 0.29) is 17.3 Å². The van der Waals surface area contributed by atoms with Gasteiger partial charge in [0.25, 0.3) is 5.56 Å². The second kappa shape index (κ2) is 10.8. The maximum atomic E-state index is 13.6. The average Bonchev–Trinajstić information content (AvgIpc) is 3.35. The third-order valence-electron chi connectivity index (χ3n) is 5.86. The van der Waals surface area contributed by atoms with Gasteiger partial charge in [0.05, 0.1) is 31.3 Å². The molecule has 0 radical (unpaired) electrons. The van der Waals surface area contributed by atoms with Crippen molar-refractivity contribution in [3.8, 4) is 23.1 Å². The molecule has 0 bridgehead atoms. The summed E-state index contributed by atoms with van der Waals surface area (Å²) >= 11 is 12.5. The summed E-state index contributed by atoms with van der Waals surface area (Å²) in [6.07, 6.45) is 0.412. The molecule has 9 nitrogen and oxygen atoms in total. The molecule has 0 saturated carbocycles. The molecule has 11 heteroatoms. The van der Waals surface area contributed by atoms with Crippen LogP contribution in [0.5, 0.6) is 11.5 Å². The number of aromatic nitrogens is 2. The zero-order valence-electron chi connectivity index (χ0n) is 21.0. The molecule has 0 spiro atoms. The fraction of sp³-hybridized carbons (Fsp3) is 0.143. The second-order valence-corrected chi connectivity index (χ2v) is 9.29. The maximum Gasteiger partial charge on any atom is 0.346 e. The van der Waals surface area contributed by atoms with Crippen molar-refractivity contribution >= 4 is 57.3 Å². The van der Waals surface area contributed by atoms with Crippen LogP contribution in [0.1, 0.15) is 12.5 Å². The number of furan rings is 1. The normalized spacial score (nSPS) is 12.2. The van der Waals surface area contributed by atoms with E-state index in [9.17, 15) is 9.59 Å². The summed E-state index contributed by atoms with van der Waals surface area (Å²) in [5.74, 6) is 0.342. The fourth-order valence-corrected chi connectivity index (χ4v) is 4.39. The van der Waals surface area contributed by atoms with Crippen molar-refractivity contribution < 1.29 is 23.4 Å². The number of ether oxygens (including phenoxy) is 3. The van der Waals surface area contributed by atoms with Crippen LogP contribution in [0.2, 0.25) is 10.0 Å². The molecular weight excluding hydrogens is 545 g/mol. The molecule has 0 aliphatic heterocycles. The van der Waals surface area contributed by atoms with Crippen LogP contribution >= 0.6 is 23.2 Å². The van der Waals surface area contributed by atoms with E-state index < -0.39 is 17.6 Å². The van der Waals surface area contributed by atoms with Gasteiger partial charge < -0.3 is 18.6 Å². The van der Waals surface area contributed by atoms with Crippen molar-refractivity contribution in [3.05, 3.63) is 86.6 Å². The molecule has 0 amide bonds. The third-order valence-corrected chi connectivity index (χ3v) is 6.31. The van der Waals surface area contributed by atoms with Crippen molar-refractivity contribution in [1.82, 2.24) is 9.66 Å². The number of carbonyl (C=O) groups is 1. The van der Waals surface area contributed by atoms with E-state index in [1.165, 1.54) is 33.4 Å². The van der Waals surface area contributed by atoms with E-state index in [2.05, 4.69) is 10.1 Å². The fourth-order valence-electron chi connectivity index (χ4n) is 3.99. The Labute approximate surface area is 232 Å². The molecule has 3 aromatic carbocycles. The third kappa shape index (κ3) is 5.19. The molecule has 0 unspecified atom stereocenters. The number of benzene rings is 3. The maximum absolute atomic E-state index is 13.6. The molecule has 5 rings (SSSR count). The molecular formula is C28H21Cl2N3O6. The number of fused-ring (bicyclic) bond motifs is 2. The van der Waals surface area contributed by atoms with Crippen LogP contribution in [0.15, 0.2) is 75.0 Å². The first-order valence-electron chi connectivity index (χ1n) is 11.7. The highest BCUT2D eigenvalue weighted by molar-refractivity contribution is 6.31. The largest absolute Gasteiger partial charge is 0.493 e. The SMILES string of the molecule is COC(=O)[C@H](C)Oc1c(C=Nn2c(-c3cc4cc(Cl)ccc4o3)nc3ccccc3c2=O)cc(Cl)cc1OC. The monoisotopic (exact) mass is 565 g/mol. The van der Waals surface area contributed by atoms with E-state index in [1.54, 1.807) is 54.6 Å². The molecule has 39 heavy (non-hydrogen) atoms. The van der Waals surface area contributed by atoms with Crippen LogP contribution in [0.25, 0.3) is 33.5 Å². The Hall–Kier alpha value is -4.34. The van der Waals surface area contributed by atoms with Gasteiger partial charge in [-0.15, -0.1) is 0 Å². The minimum atomic E-state index is -0.958. The summed E-state index contributed by atoms with van der Waals surface area (Å²) in [4.78, 5) is 30.3. The van der Waals surface area contributed by atoms with Crippen LogP contribution in [-0.4, -0.2) is 42.2 Å². The highest BCUT2D eigenvalue weighted by Crippen LogP contribution is 2.35. The van der Waals surface area contributed by atoms with Gasteiger partial charge in [0, 0.05) is 27.1 Å². The smallest absolute Gasteiger partial charge is 0.346 e. The van der Waals surface area contributed by atoms with Gasteiger partial charge in [0.2, 0.25) is 5.82 Å². The van der Waals surface area contributed by atoms with Gasteiger partial charge in [-0.2, -0.15) is 9.78 Å². The van der Waals surface area contributed by atoms with Crippen LogP contribution in [0, 0.1) is 0 Å². The van der Waals surface area contributed by atoms with Gasteiger partial charge in [-0.3, -0.25) is 4.79 Å². The molecule has 2 aromatic heterocycles. The van der Waals surface area contributed by atoms with Crippen molar-refractivity contribution in [2.45, 2.75) is 13.0 Å². The van der Waals surface area contributed by atoms with E-state index in [1.807, 2.05) is 0 Å². The molecule has 1 atom stereocenters. The lowest BCUT2D eigenvalue weighted by atomic mass is 10.2. The highest BCUT2D eigenvalue weighted by Gasteiger charge is 2.21. The van der Waals surface area contributed by atoms with Gasteiger partial charge in [0.15, 0.2) is 23.4 Å². The molecule has 0 aliphatic rings. The lowest BCUT2D eigenvalue weighted by molar-refractivity contribution is -0.147. The topological polar surface area (TPSA) is 105 Å². The zero-order chi connectivity index (χ0) is 27.7. The lowest BCUT2D eigenvalue weighted by Gasteiger charge is -2.17. The van der Waals surface area contributed by atoms with Gasteiger partial charge in [-0.05, 0) is 49.4 Å². The number of nitrogens with zero attached hydrogens (tertiary/aromatic N) is 3. The van der Waals surface area contributed by atoms with Crippen LogP contribution in [0.4, 0.5) is 0 Å². The molecule has 198 valence electrons. The number of methoxy groups -OCH3 is 2. The quantitative estimate of drug-likeness (QED) is 0.177. The zero-order valence-corrected chi connectivity index (χ0v) is 22.5. The van der Waals surface area contributed by atoms with E-state index in [4.69, 9.17) is 41.8 Å². The van der Waals surface area contributed by atoms with Crippen LogP contribution < -0.4 is 15.0 Å². The number of carbonyl (C=O) groups excluding carboxylic acids is 1. The van der Waals surface area contributed by atoms with Crippen LogP contribution in [-0.2, 0) is 9.53 Å². The summed E-state index contributed by atoms with van der Waals surface area (Å²) < 4.78 is 23.2. The average molecular weight is 566 g/mol. The summed E-state index contributed by atoms with van der Waals surface area (Å²) in [5, 5.41) is 6.42. The first-order valence-corrected chi connectivity index (χ1v) is 12.4. The van der Waals surface area contributed by atoms with Crippen LogP contribution in [0.3, 0.4) is 0 Å². The Balaban J connectivity index is 1.69. The predicted octanol–water partition coefficient (Wildman–Crippen LogP) is 5.95. The Kier molecular flexibility index (Phi) is 7.28. The molecule has 0 N–H and O–H groups in total. The molecule has 2 heterocycles. The lowest BCUT2D eigenvalue weighted by Crippen LogP contribution is -2.25. The Bertz CT molecular complexity index is 1810. The number of para-hydroxylation sites is 1. The highest BCUT2D eigenvalue weighted by atomic mass is 35.5. The van der Waals surface area contributed by atoms with Crippen molar-refractivity contribution in [2.75, 3.05) is 14.2 Å². The molecule has 0 fully saturated rings. The minimum absolute atomic E-state index is 0.168. The Morgan fingerprint density at radius 2 is 1.87 bits per heavy atom. The predicted molar refractivity (Wildman–Crippen MR) is 149 cm³/mol. The minimum Gasteiger partial charge on any atom is -0.493 e. The van der Waals surface area contributed by atoms with Gasteiger partial charge >= 0.3 is 5.97 Å². The Morgan fingerprint density at radius 3 is 2.64 bits per heavy atom. The summed E-state index contributed by atoms with van der Waals surface area (Å²) in [7, 11) is 2.70. The van der Waals surface area contributed by atoms with E-state index in [0.717, 1.165) is 10.1 Å². The second-order valence-electron chi connectivity index (χ2n) is 8.42. The van der Waals surface area contributed by atoms with Gasteiger partial charge in [0.1, 0.15) is 5.58 Å². The number of esters is 1. The first-order chi connectivity index (χ1) is 18.8. The summed E-state index contributed by atoms with van der Waals surface area (Å²) in [5.41, 5.74) is 0.962. The van der Waals surface area contributed by atoms with Gasteiger partial charge in [-0.1, -0.05) is 35.3 Å². The number of halogens is 2. The molecule has 0 aliphatic carbocycles. The first kappa shape index (κ1) is 26.3. The summed E-state index contributed by atoms with van der Waals surface area (Å²) in [6, 6.07) is 16.9. The standard InChI is InChI=1S/C28H21Cl2N3O6/c1-15(28(35)37-3)38-25-17(11-19(30)13-23(25)36-2)14-31-33-26(32-21-7-5-4-6-20(21)27(33)34)24-12-16-10-18(29)8-9-22(16)39-24/h4-15H,1-3H3/t15-/m0/s1. The van der Waals surface area contributed by atoms with Crippen molar-refractivity contribution in [1.29, 1.82) is 0 Å².